The van der Waals surface area contributed by atoms with Gasteiger partial charge in [-0.25, -0.2) is 13.1 Å². The number of carbonyl (C=O) groups is 1. The van der Waals surface area contributed by atoms with Crippen LogP contribution in [0.4, 0.5) is 19.0 Å². The molecular formula is C29H34F3N5O5S. The molecule has 43 heavy (non-hydrogen) atoms. The van der Waals surface area contributed by atoms with Crippen LogP contribution in [-0.4, -0.2) is 73.3 Å². The van der Waals surface area contributed by atoms with E-state index in [2.05, 4.69) is 19.8 Å². The topological polar surface area (TPSA) is 114 Å². The van der Waals surface area contributed by atoms with Gasteiger partial charge in [0.1, 0.15) is 11.5 Å². The summed E-state index contributed by atoms with van der Waals surface area (Å²) < 4.78 is 74.5. The normalized spacial score (nSPS) is 14.8. The van der Waals surface area contributed by atoms with Gasteiger partial charge in [0.15, 0.2) is 11.5 Å². The van der Waals surface area contributed by atoms with Crippen LogP contribution in [0.3, 0.4) is 0 Å². The van der Waals surface area contributed by atoms with E-state index in [0.717, 1.165) is 0 Å². The molecule has 0 unspecified atom stereocenters. The van der Waals surface area contributed by atoms with E-state index >= 15 is 0 Å². The fraction of sp³-hybridized carbons (Fsp3) is 0.414. The molecule has 4 rings (SSSR count). The zero-order chi connectivity index (χ0) is 31.4. The van der Waals surface area contributed by atoms with E-state index in [-0.39, 0.29) is 11.4 Å². The maximum absolute atomic E-state index is 13.1. The summed E-state index contributed by atoms with van der Waals surface area (Å²) in [5, 5.41) is 8.01. The number of nitrogens with zero attached hydrogens (tertiary/aromatic N) is 4. The summed E-state index contributed by atoms with van der Waals surface area (Å²) in [6.07, 6.45) is -4.83. The second-order valence-corrected chi connectivity index (χ2v) is 13.4. The third-order valence-electron chi connectivity index (χ3n) is 6.70. The van der Waals surface area contributed by atoms with Crippen LogP contribution < -0.4 is 19.1 Å². The second-order valence-electron chi connectivity index (χ2n) is 11.0. The predicted molar refractivity (Wildman–Crippen MR) is 155 cm³/mol. The Balaban J connectivity index is 1.43. The van der Waals surface area contributed by atoms with E-state index in [1.807, 2.05) is 22.6 Å². The number of piperazine rings is 1. The van der Waals surface area contributed by atoms with Crippen molar-refractivity contribution in [3.05, 3.63) is 65.9 Å². The van der Waals surface area contributed by atoms with Crippen molar-refractivity contribution in [2.24, 2.45) is 0 Å². The first-order valence-electron chi connectivity index (χ1n) is 13.6. The van der Waals surface area contributed by atoms with Gasteiger partial charge in [0, 0.05) is 32.7 Å². The molecular weight excluding hydrogens is 587 g/mol. The van der Waals surface area contributed by atoms with Gasteiger partial charge in [-0.2, -0.15) is 0 Å². The van der Waals surface area contributed by atoms with E-state index in [9.17, 15) is 26.4 Å². The van der Waals surface area contributed by atoms with Crippen molar-refractivity contribution in [3.8, 4) is 22.6 Å². The van der Waals surface area contributed by atoms with Gasteiger partial charge >= 0.3 is 6.36 Å². The van der Waals surface area contributed by atoms with E-state index in [1.54, 1.807) is 30.3 Å². The first-order valence-corrected chi connectivity index (χ1v) is 15.1. The number of hydrogen-bond donors (Lipinski definition) is 1. The van der Waals surface area contributed by atoms with Gasteiger partial charge in [-0.15, -0.1) is 23.4 Å². The van der Waals surface area contributed by atoms with Crippen molar-refractivity contribution in [3.63, 3.8) is 0 Å². The molecule has 0 saturated carbocycles. The molecule has 232 valence electrons. The largest absolute Gasteiger partial charge is 0.573 e. The zero-order valence-electron chi connectivity index (χ0n) is 24.3. The Hall–Kier alpha value is -3.91. The van der Waals surface area contributed by atoms with Crippen LogP contribution in [0.5, 0.6) is 11.5 Å². The highest BCUT2D eigenvalue weighted by Crippen LogP contribution is 2.32. The third kappa shape index (κ3) is 8.57. The zero-order valence-corrected chi connectivity index (χ0v) is 25.1. The Labute approximate surface area is 248 Å². The van der Waals surface area contributed by atoms with Crippen molar-refractivity contribution in [2.45, 2.75) is 45.3 Å². The summed E-state index contributed by atoms with van der Waals surface area (Å²) in [4.78, 5) is 16.5. The quantitative estimate of drug-likeness (QED) is 0.366. The van der Waals surface area contributed by atoms with Gasteiger partial charge in [-0.3, -0.25) is 9.69 Å². The Kier molecular flexibility index (Phi) is 9.50. The third-order valence-corrected chi connectivity index (χ3v) is 8.76. The average molecular weight is 622 g/mol. The summed E-state index contributed by atoms with van der Waals surface area (Å²) in [7, 11) is -3.90. The smallest absolute Gasteiger partial charge is 0.494 e. The molecule has 0 spiro atoms. The van der Waals surface area contributed by atoms with Crippen molar-refractivity contribution < 1.29 is 35.9 Å². The number of aromatic nitrogens is 2. The van der Waals surface area contributed by atoms with Crippen molar-refractivity contribution in [1.82, 2.24) is 19.8 Å². The van der Waals surface area contributed by atoms with Crippen LogP contribution in [0.1, 0.15) is 43.7 Å². The summed E-state index contributed by atoms with van der Waals surface area (Å²) in [6, 6.07) is 14.8. The molecule has 1 aliphatic rings. The number of alkyl halides is 3. The number of amides is 1. The number of halogens is 3. The molecule has 3 aromatic rings. The Morgan fingerprint density at radius 2 is 1.63 bits per heavy atom. The molecule has 2 heterocycles. The minimum absolute atomic E-state index is 0.126. The van der Waals surface area contributed by atoms with Crippen molar-refractivity contribution >= 4 is 21.7 Å². The minimum Gasteiger partial charge on any atom is -0.494 e. The first kappa shape index (κ1) is 32.0. The number of carbonyl (C=O) groups excluding carboxylic acids is 1. The van der Waals surface area contributed by atoms with Gasteiger partial charge in [0.25, 0.3) is 5.91 Å². The van der Waals surface area contributed by atoms with Crippen molar-refractivity contribution in [2.75, 3.05) is 37.7 Å². The number of nitrogens with one attached hydrogen (secondary N) is 1. The number of sulfonamides is 1. The van der Waals surface area contributed by atoms with Gasteiger partial charge in [-0.05, 0) is 86.8 Å². The molecule has 1 aliphatic heterocycles. The molecule has 0 aliphatic carbocycles. The molecule has 1 amide bonds. The summed E-state index contributed by atoms with van der Waals surface area (Å²) in [5.41, 5.74) is 1.81. The maximum atomic E-state index is 13.1. The molecule has 2 aromatic carbocycles. The highest BCUT2D eigenvalue weighted by molar-refractivity contribution is 7.91. The number of ether oxygens (including phenoxy) is 2. The van der Waals surface area contributed by atoms with Crippen LogP contribution in [0.15, 0.2) is 54.6 Å². The SMILES string of the molecule is CCOc1cccc(-c2cc(CN3CCN(c4ccc(C(=O)NS(=O)(=O)C(C)(C)C)nn4)CC3)cc(OC(F)(F)F)c2)c1. The van der Waals surface area contributed by atoms with E-state index in [1.165, 1.54) is 39.0 Å². The van der Waals surface area contributed by atoms with Gasteiger partial charge in [-0.1, -0.05) is 12.1 Å². The van der Waals surface area contributed by atoms with Crippen LogP contribution >= 0.6 is 0 Å². The maximum Gasteiger partial charge on any atom is 0.573 e. The highest BCUT2D eigenvalue weighted by Gasteiger charge is 2.32. The summed E-state index contributed by atoms with van der Waals surface area (Å²) in [6.45, 7) is 9.44. The molecule has 0 atom stereocenters. The number of anilines is 1. The Bertz CT molecular complexity index is 1540. The summed E-state index contributed by atoms with van der Waals surface area (Å²) in [5.74, 6) is -0.0203. The van der Waals surface area contributed by atoms with E-state index in [0.29, 0.717) is 67.6 Å². The van der Waals surface area contributed by atoms with Gasteiger partial charge in [0.2, 0.25) is 10.0 Å². The van der Waals surface area contributed by atoms with Crippen molar-refractivity contribution in [1.29, 1.82) is 0 Å². The molecule has 1 fully saturated rings. The molecule has 10 nitrogen and oxygen atoms in total. The number of benzene rings is 2. The monoisotopic (exact) mass is 621 g/mol. The molecule has 1 saturated heterocycles. The van der Waals surface area contributed by atoms with Crippen LogP contribution in [0.2, 0.25) is 0 Å². The lowest BCUT2D eigenvalue weighted by Gasteiger charge is -2.35. The fourth-order valence-electron chi connectivity index (χ4n) is 4.38. The fourth-order valence-corrected chi connectivity index (χ4v) is 5.03. The number of hydrogen-bond acceptors (Lipinski definition) is 9. The molecule has 1 N–H and O–H groups in total. The van der Waals surface area contributed by atoms with Gasteiger partial charge in [0.05, 0.1) is 11.4 Å². The Morgan fingerprint density at radius 3 is 2.23 bits per heavy atom. The standard InChI is InChI=1S/C29H34F3N5O5S/c1-5-41-23-8-6-7-21(17-23)22-15-20(16-24(18-22)42-29(30,31)32)19-36-11-13-37(14-12-36)26-10-9-25(33-34-26)27(38)35-43(39,40)28(2,3)4/h6-10,15-18H,5,11-14,19H2,1-4H3,(H,35,38). The second kappa shape index (κ2) is 12.8. The van der Waals surface area contributed by atoms with E-state index < -0.39 is 27.0 Å². The Morgan fingerprint density at radius 1 is 0.930 bits per heavy atom. The van der Waals surface area contributed by atoms with E-state index in [4.69, 9.17) is 4.74 Å². The number of rotatable bonds is 9. The average Bonchev–Trinajstić information content (AvgIpc) is 2.92. The van der Waals surface area contributed by atoms with Crippen LogP contribution in [0, 0.1) is 0 Å². The highest BCUT2D eigenvalue weighted by atomic mass is 32.2. The minimum atomic E-state index is -4.83. The van der Waals surface area contributed by atoms with Crippen LogP contribution in [-0.2, 0) is 16.6 Å². The molecule has 14 heteroatoms. The lowest BCUT2D eigenvalue weighted by molar-refractivity contribution is -0.274. The predicted octanol–water partition coefficient (Wildman–Crippen LogP) is 4.62. The molecule has 0 bridgehead atoms. The van der Waals surface area contributed by atoms with Gasteiger partial charge < -0.3 is 14.4 Å². The molecule has 1 aromatic heterocycles. The lowest BCUT2D eigenvalue weighted by atomic mass is 10.0. The van der Waals surface area contributed by atoms with Crippen LogP contribution in [0.25, 0.3) is 11.1 Å². The summed E-state index contributed by atoms with van der Waals surface area (Å²) >= 11 is 0. The lowest BCUT2D eigenvalue weighted by Crippen LogP contribution is -2.46. The first-order chi connectivity index (χ1) is 20.1. The molecule has 0 radical (unpaired) electrons.